The third-order valence-corrected chi connectivity index (χ3v) is 4.95. The number of hydrogen-bond donors (Lipinski definition) is 1. The van der Waals surface area contributed by atoms with Crippen LogP contribution in [0.15, 0.2) is 11.1 Å². The first kappa shape index (κ1) is 19.6. The van der Waals surface area contributed by atoms with Crippen molar-refractivity contribution in [2.75, 3.05) is 27.2 Å². The summed E-state index contributed by atoms with van der Waals surface area (Å²) in [5.74, 6) is -1.22. The van der Waals surface area contributed by atoms with Gasteiger partial charge in [0.05, 0.1) is 24.9 Å². The van der Waals surface area contributed by atoms with Crippen molar-refractivity contribution in [2.45, 2.75) is 20.4 Å². The summed E-state index contributed by atoms with van der Waals surface area (Å²) in [6, 6.07) is 0. The molecule has 0 saturated heterocycles. The van der Waals surface area contributed by atoms with E-state index in [0.29, 0.717) is 20.7 Å². The van der Waals surface area contributed by atoms with Crippen LogP contribution in [0, 0.1) is 6.92 Å². The third kappa shape index (κ3) is 3.90. The number of rotatable bonds is 6. The summed E-state index contributed by atoms with van der Waals surface area (Å²) in [6.07, 6.45) is 1.27. The molecule has 0 unspecified atom stereocenters. The lowest BCUT2D eigenvalue weighted by molar-refractivity contribution is -0.135. The van der Waals surface area contributed by atoms with Gasteiger partial charge in [-0.25, -0.2) is 9.78 Å². The Balaban J connectivity index is 2.33. The largest absolute Gasteiger partial charge is 0.462 e. The molecule has 0 atom stereocenters. The van der Waals surface area contributed by atoms with Gasteiger partial charge in [-0.1, -0.05) is 0 Å². The lowest BCUT2D eigenvalue weighted by Crippen LogP contribution is -2.39. The fourth-order valence-corrected chi connectivity index (χ4v) is 3.35. The highest BCUT2D eigenvalue weighted by Crippen LogP contribution is 2.27. The molecular formula is C16H20N4O5S. The molecule has 2 amide bonds. The minimum Gasteiger partial charge on any atom is -0.462 e. The summed E-state index contributed by atoms with van der Waals surface area (Å²) in [6.45, 7) is 3.23. The molecule has 0 saturated carbocycles. The average Bonchev–Trinajstić information content (AvgIpc) is 2.94. The smallest absolute Gasteiger partial charge is 0.348 e. The SMILES string of the molecule is CCOC(=O)c1sc2ncn(CC(=O)N(C)CC(=O)NC)c(=O)c2c1C. The Bertz CT molecular complexity index is 917. The number of esters is 1. The van der Waals surface area contributed by atoms with Gasteiger partial charge in [-0.05, 0) is 19.4 Å². The number of nitrogens with one attached hydrogen (secondary N) is 1. The first-order valence-electron chi connectivity index (χ1n) is 7.90. The van der Waals surface area contributed by atoms with Gasteiger partial charge in [0.1, 0.15) is 16.3 Å². The van der Waals surface area contributed by atoms with Crippen LogP contribution in [0.2, 0.25) is 0 Å². The van der Waals surface area contributed by atoms with Crippen molar-refractivity contribution < 1.29 is 19.1 Å². The summed E-state index contributed by atoms with van der Waals surface area (Å²) < 4.78 is 6.15. The lowest BCUT2D eigenvalue weighted by Gasteiger charge is -2.16. The second kappa shape index (κ2) is 8.09. The number of thiophene rings is 1. The van der Waals surface area contributed by atoms with E-state index in [-0.39, 0.29) is 25.6 Å². The minimum absolute atomic E-state index is 0.107. The van der Waals surface area contributed by atoms with Crippen molar-refractivity contribution in [1.82, 2.24) is 19.8 Å². The van der Waals surface area contributed by atoms with Crippen LogP contribution in [0.5, 0.6) is 0 Å². The first-order valence-corrected chi connectivity index (χ1v) is 8.72. The Morgan fingerprint density at radius 3 is 2.69 bits per heavy atom. The van der Waals surface area contributed by atoms with E-state index >= 15 is 0 Å². The average molecular weight is 380 g/mol. The molecule has 2 heterocycles. The van der Waals surface area contributed by atoms with Crippen molar-refractivity contribution in [2.24, 2.45) is 0 Å². The summed E-state index contributed by atoms with van der Waals surface area (Å²) >= 11 is 1.08. The molecule has 10 heteroatoms. The highest BCUT2D eigenvalue weighted by Gasteiger charge is 2.21. The highest BCUT2D eigenvalue weighted by atomic mass is 32.1. The highest BCUT2D eigenvalue weighted by molar-refractivity contribution is 7.20. The monoisotopic (exact) mass is 380 g/mol. The van der Waals surface area contributed by atoms with Crippen molar-refractivity contribution >= 4 is 39.3 Å². The fraction of sp³-hybridized carbons (Fsp3) is 0.438. The normalized spacial score (nSPS) is 10.6. The number of aryl methyl sites for hydroxylation is 1. The van der Waals surface area contributed by atoms with E-state index in [4.69, 9.17) is 4.74 Å². The van der Waals surface area contributed by atoms with Gasteiger partial charge in [-0.2, -0.15) is 0 Å². The maximum Gasteiger partial charge on any atom is 0.348 e. The molecule has 0 aromatic carbocycles. The second-order valence-corrected chi connectivity index (χ2v) is 6.56. The van der Waals surface area contributed by atoms with E-state index < -0.39 is 17.4 Å². The summed E-state index contributed by atoms with van der Waals surface area (Å²) in [5.41, 5.74) is 0.0717. The molecule has 0 aliphatic carbocycles. The van der Waals surface area contributed by atoms with Crippen LogP contribution in [0.4, 0.5) is 0 Å². The Kier molecular flexibility index (Phi) is 6.09. The first-order chi connectivity index (χ1) is 12.3. The summed E-state index contributed by atoms with van der Waals surface area (Å²) in [5, 5.41) is 2.72. The van der Waals surface area contributed by atoms with Gasteiger partial charge in [-0.15, -0.1) is 11.3 Å². The number of carbonyl (C=O) groups excluding carboxylic acids is 3. The zero-order chi connectivity index (χ0) is 19.4. The molecular weight excluding hydrogens is 360 g/mol. The molecule has 2 aromatic rings. The number of amides is 2. The Labute approximate surface area is 153 Å². The molecule has 26 heavy (non-hydrogen) atoms. The van der Waals surface area contributed by atoms with Gasteiger partial charge in [0.2, 0.25) is 11.8 Å². The van der Waals surface area contributed by atoms with E-state index in [1.165, 1.54) is 29.9 Å². The summed E-state index contributed by atoms with van der Waals surface area (Å²) in [7, 11) is 2.95. The van der Waals surface area contributed by atoms with Gasteiger partial charge in [0.15, 0.2) is 0 Å². The van der Waals surface area contributed by atoms with Crippen LogP contribution in [-0.4, -0.2) is 59.5 Å². The zero-order valence-electron chi connectivity index (χ0n) is 15.0. The maximum absolute atomic E-state index is 12.7. The van der Waals surface area contributed by atoms with Gasteiger partial charge in [-0.3, -0.25) is 19.0 Å². The van der Waals surface area contributed by atoms with Gasteiger partial charge < -0.3 is 15.0 Å². The van der Waals surface area contributed by atoms with E-state index in [1.54, 1.807) is 13.8 Å². The van der Waals surface area contributed by atoms with Crippen LogP contribution < -0.4 is 10.9 Å². The molecule has 140 valence electrons. The molecule has 9 nitrogen and oxygen atoms in total. The predicted molar refractivity (Wildman–Crippen MR) is 96.3 cm³/mol. The van der Waals surface area contributed by atoms with Crippen LogP contribution >= 0.6 is 11.3 Å². The van der Waals surface area contributed by atoms with E-state index in [9.17, 15) is 19.2 Å². The van der Waals surface area contributed by atoms with Crippen molar-refractivity contribution in [3.05, 3.63) is 27.1 Å². The van der Waals surface area contributed by atoms with E-state index in [2.05, 4.69) is 10.3 Å². The van der Waals surface area contributed by atoms with Gasteiger partial charge >= 0.3 is 5.97 Å². The van der Waals surface area contributed by atoms with Gasteiger partial charge in [0, 0.05) is 14.1 Å². The number of fused-ring (bicyclic) bond motifs is 1. The predicted octanol–water partition coefficient (Wildman–Crippen LogP) is 0.148. The van der Waals surface area contributed by atoms with E-state index in [0.717, 1.165) is 11.3 Å². The number of hydrogen-bond acceptors (Lipinski definition) is 7. The number of ether oxygens (including phenoxy) is 1. The quantitative estimate of drug-likeness (QED) is 0.714. The maximum atomic E-state index is 12.7. The van der Waals surface area contributed by atoms with Crippen molar-refractivity contribution in [3.63, 3.8) is 0 Å². The van der Waals surface area contributed by atoms with Crippen molar-refractivity contribution in [1.29, 1.82) is 0 Å². The Morgan fingerprint density at radius 1 is 1.38 bits per heavy atom. The van der Waals surface area contributed by atoms with E-state index in [1.807, 2.05) is 0 Å². The molecule has 0 bridgehead atoms. The van der Waals surface area contributed by atoms with Gasteiger partial charge in [0.25, 0.3) is 5.56 Å². The second-order valence-electron chi connectivity index (χ2n) is 5.56. The van der Waals surface area contributed by atoms with Crippen LogP contribution in [-0.2, 0) is 20.9 Å². The number of likely N-dealkylation sites (N-methyl/N-ethyl adjacent to an activating group) is 2. The molecule has 0 fully saturated rings. The number of aromatic nitrogens is 2. The lowest BCUT2D eigenvalue weighted by atomic mass is 10.2. The molecule has 1 N–H and O–H groups in total. The zero-order valence-corrected chi connectivity index (χ0v) is 15.8. The van der Waals surface area contributed by atoms with Crippen LogP contribution in [0.3, 0.4) is 0 Å². The molecule has 2 aromatic heterocycles. The third-order valence-electron chi connectivity index (χ3n) is 3.77. The number of nitrogens with zero attached hydrogens (tertiary/aromatic N) is 3. The fourth-order valence-electron chi connectivity index (χ4n) is 2.31. The molecule has 2 rings (SSSR count). The topological polar surface area (TPSA) is 111 Å². The van der Waals surface area contributed by atoms with Crippen LogP contribution in [0.25, 0.3) is 10.2 Å². The molecule has 0 aliphatic heterocycles. The standard InChI is InChI=1S/C16H20N4O5S/c1-5-25-16(24)13-9(2)12-14(26-13)18-8-20(15(12)23)7-11(22)19(4)6-10(21)17-3/h8H,5-7H2,1-4H3,(H,17,21). The van der Waals surface area contributed by atoms with Crippen LogP contribution in [0.1, 0.15) is 22.2 Å². The Hall–Kier alpha value is -2.75. The summed E-state index contributed by atoms with van der Waals surface area (Å²) in [4.78, 5) is 54.4. The molecule has 0 spiro atoms. The van der Waals surface area contributed by atoms with Crippen molar-refractivity contribution in [3.8, 4) is 0 Å². The number of carbonyl (C=O) groups is 3. The molecule has 0 aliphatic rings. The minimum atomic E-state index is -0.500. The molecule has 0 radical (unpaired) electrons. The Morgan fingerprint density at radius 2 is 2.08 bits per heavy atom.